The number of rotatable bonds is 4. The van der Waals surface area contributed by atoms with E-state index < -0.39 is 0 Å². The first-order chi connectivity index (χ1) is 10.6. The quantitative estimate of drug-likeness (QED) is 0.932. The van der Waals surface area contributed by atoms with Gasteiger partial charge in [0.25, 0.3) is 0 Å². The standard InChI is InChI=1S/C18H19N3O/c1-3-14-6-5-9-17(11-14)20-18(22)21(2)13-16-8-4-7-15(10-16)12-19/h4-11H,3,13H2,1-2H3,(H,20,22). The van der Waals surface area contributed by atoms with Gasteiger partial charge in [-0.15, -0.1) is 0 Å². The van der Waals surface area contributed by atoms with Crippen molar-refractivity contribution in [3.8, 4) is 6.07 Å². The van der Waals surface area contributed by atoms with E-state index in [9.17, 15) is 4.79 Å². The van der Waals surface area contributed by atoms with Crippen LogP contribution in [0.1, 0.15) is 23.6 Å². The second kappa shape index (κ2) is 7.28. The van der Waals surface area contributed by atoms with Gasteiger partial charge in [0.05, 0.1) is 11.6 Å². The number of benzene rings is 2. The SMILES string of the molecule is CCc1cccc(NC(=O)N(C)Cc2cccc(C#N)c2)c1. The number of hydrogen-bond acceptors (Lipinski definition) is 2. The van der Waals surface area contributed by atoms with E-state index in [2.05, 4.69) is 18.3 Å². The lowest BCUT2D eigenvalue weighted by Crippen LogP contribution is -2.30. The van der Waals surface area contributed by atoms with E-state index in [4.69, 9.17) is 5.26 Å². The van der Waals surface area contributed by atoms with Crippen molar-refractivity contribution < 1.29 is 4.79 Å². The fourth-order valence-electron chi connectivity index (χ4n) is 2.17. The zero-order valence-corrected chi connectivity index (χ0v) is 12.8. The van der Waals surface area contributed by atoms with Gasteiger partial charge in [-0.1, -0.05) is 31.2 Å². The summed E-state index contributed by atoms with van der Waals surface area (Å²) in [6.45, 7) is 2.53. The van der Waals surface area contributed by atoms with Crippen molar-refractivity contribution >= 4 is 11.7 Å². The van der Waals surface area contributed by atoms with Gasteiger partial charge < -0.3 is 10.2 Å². The molecule has 4 nitrogen and oxygen atoms in total. The molecule has 0 aliphatic heterocycles. The minimum absolute atomic E-state index is 0.171. The summed E-state index contributed by atoms with van der Waals surface area (Å²) in [6.07, 6.45) is 0.931. The van der Waals surface area contributed by atoms with E-state index in [1.165, 1.54) is 5.56 Å². The molecule has 2 amide bonds. The molecule has 0 saturated heterocycles. The monoisotopic (exact) mass is 293 g/mol. The molecule has 1 N–H and O–H groups in total. The van der Waals surface area contributed by atoms with Crippen molar-refractivity contribution in [3.05, 3.63) is 65.2 Å². The van der Waals surface area contributed by atoms with Gasteiger partial charge >= 0.3 is 6.03 Å². The summed E-state index contributed by atoms with van der Waals surface area (Å²) in [5.74, 6) is 0. The second-order valence-electron chi connectivity index (χ2n) is 5.15. The summed E-state index contributed by atoms with van der Waals surface area (Å²) in [6, 6.07) is 17.0. The van der Waals surface area contributed by atoms with Crippen molar-refractivity contribution in [1.82, 2.24) is 4.90 Å². The first kappa shape index (κ1) is 15.6. The van der Waals surface area contributed by atoms with E-state index in [0.717, 1.165) is 17.7 Å². The van der Waals surface area contributed by atoms with E-state index in [1.54, 1.807) is 24.1 Å². The highest BCUT2D eigenvalue weighted by molar-refractivity contribution is 5.89. The predicted octanol–water partition coefficient (Wildman–Crippen LogP) is 3.78. The average Bonchev–Trinajstić information content (AvgIpc) is 2.55. The number of carbonyl (C=O) groups excluding carboxylic acids is 1. The van der Waals surface area contributed by atoms with Crippen LogP contribution in [0.15, 0.2) is 48.5 Å². The van der Waals surface area contributed by atoms with Crippen molar-refractivity contribution in [2.24, 2.45) is 0 Å². The maximum atomic E-state index is 12.2. The van der Waals surface area contributed by atoms with Gasteiger partial charge in [-0.3, -0.25) is 0 Å². The number of nitrogens with zero attached hydrogens (tertiary/aromatic N) is 2. The van der Waals surface area contributed by atoms with Crippen LogP contribution in [0.2, 0.25) is 0 Å². The number of nitriles is 1. The first-order valence-corrected chi connectivity index (χ1v) is 7.22. The van der Waals surface area contributed by atoms with Gasteiger partial charge in [-0.05, 0) is 41.8 Å². The molecule has 2 aromatic carbocycles. The lowest BCUT2D eigenvalue weighted by molar-refractivity contribution is 0.220. The number of carbonyl (C=O) groups is 1. The third kappa shape index (κ3) is 4.10. The molecule has 0 aromatic heterocycles. The summed E-state index contributed by atoms with van der Waals surface area (Å²) in [4.78, 5) is 13.8. The molecule has 0 radical (unpaired) electrons. The lowest BCUT2D eigenvalue weighted by atomic mass is 10.1. The molecule has 0 spiro atoms. The number of amides is 2. The zero-order valence-electron chi connectivity index (χ0n) is 12.8. The largest absolute Gasteiger partial charge is 0.323 e. The highest BCUT2D eigenvalue weighted by atomic mass is 16.2. The Morgan fingerprint density at radius 2 is 1.91 bits per heavy atom. The smallest absolute Gasteiger partial charge is 0.321 e. The molecule has 2 aromatic rings. The first-order valence-electron chi connectivity index (χ1n) is 7.22. The molecule has 0 aliphatic rings. The van der Waals surface area contributed by atoms with Gasteiger partial charge in [-0.2, -0.15) is 5.26 Å². The van der Waals surface area contributed by atoms with Crippen LogP contribution in [0.25, 0.3) is 0 Å². The molecular formula is C18H19N3O. The Labute approximate surface area is 131 Å². The summed E-state index contributed by atoms with van der Waals surface area (Å²) in [5.41, 5.74) is 3.50. The normalized spacial score (nSPS) is 9.86. The molecular weight excluding hydrogens is 274 g/mol. The summed E-state index contributed by atoms with van der Waals surface area (Å²) in [7, 11) is 1.73. The third-order valence-electron chi connectivity index (χ3n) is 3.41. The minimum Gasteiger partial charge on any atom is -0.323 e. The van der Waals surface area contributed by atoms with Crippen LogP contribution in [0.5, 0.6) is 0 Å². The molecule has 4 heteroatoms. The Bertz CT molecular complexity index is 703. The number of anilines is 1. The van der Waals surface area contributed by atoms with Crippen LogP contribution in [0.3, 0.4) is 0 Å². The van der Waals surface area contributed by atoms with E-state index in [0.29, 0.717) is 12.1 Å². The van der Waals surface area contributed by atoms with Gasteiger partial charge in [0, 0.05) is 19.3 Å². The molecule has 112 valence electrons. The Morgan fingerprint density at radius 3 is 2.64 bits per heavy atom. The minimum atomic E-state index is -0.171. The van der Waals surface area contributed by atoms with Crippen LogP contribution in [0.4, 0.5) is 10.5 Å². The van der Waals surface area contributed by atoms with Crippen LogP contribution in [0, 0.1) is 11.3 Å². The summed E-state index contributed by atoms with van der Waals surface area (Å²) < 4.78 is 0. The molecule has 0 fully saturated rings. The predicted molar refractivity (Wildman–Crippen MR) is 87.5 cm³/mol. The number of aryl methyl sites for hydroxylation is 1. The Kier molecular flexibility index (Phi) is 5.16. The van der Waals surface area contributed by atoms with Gasteiger partial charge in [0.15, 0.2) is 0 Å². The van der Waals surface area contributed by atoms with Crippen LogP contribution in [-0.2, 0) is 13.0 Å². The van der Waals surface area contributed by atoms with Crippen molar-refractivity contribution in [1.29, 1.82) is 5.26 Å². The molecule has 0 heterocycles. The van der Waals surface area contributed by atoms with Gasteiger partial charge in [-0.25, -0.2) is 4.79 Å². The highest BCUT2D eigenvalue weighted by Crippen LogP contribution is 2.13. The van der Waals surface area contributed by atoms with Crippen LogP contribution >= 0.6 is 0 Å². The Morgan fingerprint density at radius 1 is 1.18 bits per heavy atom. The fourth-order valence-corrected chi connectivity index (χ4v) is 2.17. The number of nitrogens with one attached hydrogen (secondary N) is 1. The van der Waals surface area contributed by atoms with Crippen LogP contribution < -0.4 is 5.32 Å². The average molecular weight is 293 g/mol. The maximum absolute atomic E-state index is 12.2. The molecule has 2 rings (SSSR count). The lowest BCUT2D eigenvalue weighted by Gasteiger charge is -2.18. The maximum Gasteiger partial charge on any atom is 0.321 e. The molecule has 0 aliphatic carbocycles. The third-order valence-corrected chi connectivity index (χ3v) is 3.41. The van der Waals surface area contributed by atoms with E-state index >= 15 is 0 Å². The highest BCUT2D eigenvalue weighted by Gasteiger charge is 2.10. The molecule has 22 heavy (non-hydrogen) atoms. The van der Waals surface area contributed by atoms with Crippen LogP contribution in [-0.4, -0.2) is 18.0 Å². The topological polar surface area (TPSA) is 56.1 Å². The van der Waals surface area contributed by atoms with Crippen molar-refractivity contribution in [2.45, 2.75) is 19.9 Å². The van der Waals surface area contributed by atoms with Gasteiger partial charge in [0.1, 0.15) is 0 Å². The second-order valence-corrected chi connectivity index (χ2v) is 5.15. The zero-order chi connectivity index (χ0) is 15.9. The Hall–Kier alpha value is -2.80. The molecule has 0 unspecified atom stereocenters. The summed E-state index contributed by atoms with van der Waals surface area (Å²) in [5, 5.41) is 11.8. The number of hydrogen-bond donors (Lipinski definition) is 1. The van der Waals surface area contributed by atoms with Crippen molar-refractivity contribution in [3.63, 3.8) is 0 Å². The van der Waals surface area contributed by atoms with E-state index in [-0.39, 0.29) is 6.03 Å². The Balaban J connectivity index is 2.01. The van der Waals surface area contributed by atoms with Gasteiger partial charge in [0.2, 0.25) is 0 Å². The van der Waals surface area contributed by atoms with E-state index in [1.807, 2.05) is 36.4 Å². The molecule has 0 bridgehead atoms. The summed E-state index contributed by atoms with van der Waals surface area (Å²) >= 11 is 0. The molecule has 0 atom stereocenters. The number of urea groups is 1. The van der Waals surface area contributed by atoms with Crippen molar-refractivity contribution in [2.75, 3.05) is 12.4 Å². The molecule has 0 saturated carbocycles. The fraction of sp³-hybridized carbons (Fsp3) is 0.222.